The van der Waals surface area contributed by atoms with Crippen LogP contribution in [-0.4, -0.2) is 18.4 Å². The SMILES string of the molecule is CC(C)(CBr)CN(CCC#N)c1ccccc1. The van der Waals surface area contributed by atoms with E-state index < -0.39 is 0 Å². The van der Waals surface area contributed by atoms with Gasteiger partial charge in [0.1, 0.15) is 0 Å². The van der Waals surface area contributed by atoms with Crippen LogP contribution in [0.4, 0.5) is 5.69 Å². The van der Waals surface area contributed by atoms with Gasteiger partial charge in [0, 0.05) is 24.1 Å². The van der Waals surface area contributed by atoms with Crippen molar-refractivity contribution >= 4 is 21.6 Å². The normalized spacial score (nSPS) is 10.9. The standard InChI is InChI=1S/C14H19BrN2/c1-14(2,11-15)12-17(10-6-9-16)13-7-4-3-5-8-13/h3-5,7-8H,6,10-12H2,1-2H3. The summed E-state index contributed by atoms with van der Waals surface area (Å²) in [5.74, 6) is 0. The molecule has 0 aliphatic rings. The number of rotatable bonds is 6. The van der Waals surface area contributed by atoms with E-state index in [4.69, 9.17) is 5.26 Å². The van der Waals surface area contributed by atoms with E-state index in [0.717, 1.165) is 18.4 Å². The minimum atomic E-state index is 0.200. The van der Waals surface area contributed by atoms with Gasteiger partial charge < -0.3 is 4.90 Å². The van der Waals surface area contributed by atoms with E-state index >= 15 is 0 Å². The van der Waals surface area contributed by atoms with Crippen molar-refractivity contribution in [2.75, 3.05) is 23.3 Å². The molecule has 0 saturated carbocycles. The fourth-order valence-electron chi connectivity index (χ4n) is 1.68. The molecule has 0 amide bonds. The van der Waals surface area contributed by atoms with Gasteiger partial charge in [-0.15, -0.1) is 0 Å². The van der Waals surface area contributed by atoms with Crippen LogP contribution in [0.25, 0.3) is 0 Å². The molecule has 3 heteroatoms. The molecule has 0 aromatic heterocycles. The van der Waals surface area contributed by atoms with Gasteiger partial charge in [0.2, 0.25) is 0 Å². The van der Waals surface area contributed by atoms with Gasteiger partial charge in [0.05, 0.1) is 12.5 Å². The number of halogens is 1. The zero-order chi connectivity index (χ0) is 12.7. The second-order valence-corrected chi connectivity index (χ2v) is 5.52. The Hall–Kier alpha value is -1.01. The van der Waals surface area contributed by atoms with Crippen LogP contribution in [0, 0.1) is 16.7 Å². The summed E-state index contributed by atoms with van der Waals surface area (Å²) in [6, 6.07) is 12.5. The molecule has 17 heavy (non-hydrogen) atoms. The summed E-state index contributed by atoms with van der Waals surface area (Å²) < 4.78 is 0. The zero-order valence-electron chi connectivity index (χ0n) is 10.5. The van der Waals surface area contributed by atoms with Gasteiger partial charge in [-0.25, -0.2) is 0 Å². The monoisotopic (exact) mass is 294 g/mol. The number of para-hydroxylation sites is 1. The first kappa shape index (κ1) is 14.1. The van der Waals surface area contributed by atoms with Crippen LogP contribution < -0.4 is 4.90 Å². The number of alkyl halides is 1. The number of anilines is 1. The van der Waals surface area contributed by atoms with Crippen molar-refractivity contribution in [2.45, 2.75) is 20.3 Å². The van der Waals surface area contributed by atoms with Crippen molar-refractivity contribution in [2.24, 2.45) is 5.41 Å². The fourth-order valence-corrected chi connectivity index (χ4v) is 1.86. The van der Waals surface area contributed by atoms with Gasteiger partial charge in [-0.05, 0) is 17.5 Å². The van der Waals surface area contributed by atoms with E-state index in [1.165, 1.54) is 5.69 Å². The highest BCUT2D eigenvalue weighted by molar-refractivity contribution is 9.09. The third kappa shape index (κ3) is 4.79. The summed E-state index contributed by atoms with van der Waals surface area (Å²) in [7, 11) is 0. The summed E-state index contributed by atoms with van der Waals surface area (Å²) in [6.07, 6.45) is 0.563. The average Bonchev–Trinajstić information content (AvgIpc) is 2.35. The van der Waals surface area contributed by atoms with E-state index in [-0.39, 0.29) is 5.41 Å². The Morgan fingerprint density at radius 3 is 2.47 bits per heavy atom. The van der Waals surface area contributed by atoms with Crippen molar-refractivity contribution in [1.29, 1.82) is 5.26 Å². The highest BCUT2D eigenvalue weighted by Gasteiger charge is 2.20. The van der Waals surface area contributed by atoms with Crippen molar-refractivity contribution in [3.63, 3.8) is 0 Å². The van der Waals surface area contributed by atoms with Gasteiger partial charge in [-0.2, -0.15) is 5.26 Å². The van der Waals surface area contributed by atoms with Gasteiger partial charge in [0.25, 0.3) is 0 Å². The van der Waals surface area contributed by atoms with E-state index in [2.05, 4.69) is 52.9 Å². The summed E-state index contributed by atoms with van der Waals surface area (Å²) in [4.78, 5) is 2.28. The van der Waals surface area contributed by atoms with E-state index in [9.17, 15) is 0 Å². The average molecular weight is 295 g/mol. The molecule has 0 heterocycles. The zero-order valence-corrected chi connectivity index (χ0v) is 12.1. The molecule has 0 radical (unpaired) electrons. The quantitative estimate of drug-likeness (QED) is 0.746. The highest BCUT2D eigenvalue weighted by atomic mass is 79.9. The van der Waals surface area contributed by atoms with E-state index in [1.54, 1.807) is 0 Å². The van der Waals surface area contributed by atoms with E-state index in [0.29, 0.717) is 6.42 Å². The maximum atomic E-state index is 8.73. The lowest BCUT2D eigenvalue weighted by Gasteiger charge is -2.32. The molecule has 2 nitrogen and oxygen atoms in total. The molecule has 1 aromatic rings. The third-order valence-electron chi connectivity index (χ3n) is 2.60. The molecule has 92 valence electrons. The summed E-state index contributed by atoms with van der Waals surface area (Å²) >= 11 is 3.55. The van der Waals surface area contributed by atoms with Gasteiger partial charge in [-0.1, -0.05) is 48.0 Å². The van der Waals surface area contributed by atoms with Gasteiger partial charge in [0.15, 0.2) is 0 Å². The Kier molecular flexibility index (Phi) is 5.50. The number of benzene rings is 1. The third-order valence-corrected chi connectivity index (χ3v) is 4.11. The van der Waals surface area contributed by atoms with Crippen molar-refractivity contribution in [3.05, 3.63) is 30.3 Å². The number of hydrogen-bond acceptors (Lipinski definition) is 2. The summed E-state index contributed by atoms with van der Waals surface area (Å²) in [6.45, 7) is 6.19. The minimum Gasteiger partial charge on any atom is -0.370 e. The van der Waals surface area contributed by atoms with Crippen LogP contribution in [-0.2, 0) is 0 Å². The molecule has 0 atom stereocenters. The van der Waals surface area contributed by atoms with Crippen molar-refractivity contribution in [3.8, 4) is 6.07 Å². The Labute approximate surface area is 112 Å². The first-order valence-corrected chi connectivity index (χ1v) is 6.94. The largest absolute Gasteiger partial charge is 0.370 e. The molecular weight excluding hydrogens is 276 g/mol. The van der Waals surface area contributed by atoms with E-state index in [1.807, 2.05) is 18.2 Å². The Bertz CT molecular complexity index is 368. The van der Waals surface area contributed by atoms with Crippen LogP contribution in [0.3, 0.4) is 0 Å². The minimum absolute atomic E-state index is 0.200. The lowest BCUT2D eigenvalue weighted by atomic mass is 9.95. The molecular formula is C14H19BrN2. The van der Waals surface area contributed by atoms with Crippen LogP contribution in [0.15, 0.2) is 30.3 Å². The molecule has 0 fully saturated rings. The topological polar surface area (TPSA) is 27.0 Å². The van der Waals surface area contributed by atoms with Gasteiger partial charge >= 0.3 is 0 Å². The summed E-state index contributed by atoms with van der Waals surface area (Å²) in [5.41, 5.74) is 1.39. The Morgan fingerprint density at radius 2 is 1.94 bits per heavy atom. The molecule has 0 aliphatic carbocycles. The first-order valence-electron chi connectivity index (χ1n) is 5.82. The van der Waals surface area contributed by atoms with Crippen LogP contribution >= 0.6 is 15.9 Å². The van der Waals surface area contributed by atoms with Crippen LogP contribution in [0.1, 0.15) is 20.3 Å². The second kappa shape index (κ2) is 6.66. The van der Waals surface area contributed by atoms with Crippen molar-refractivity contribution < 1.29 is 0 Å². The number of nitriles is 1. The maximum Gasteiger partial charge on any atom is 0.0640 e. The summed E-state index contributed by atoms with van der Waals surface area (Å²) in [5, 5.41) is 9.69. The second-order valence-electron chi connectivity index (χ2n) is 4.96. The molecule has 0 saturated heterocycles. The first-order chi connectivity index (χ1) is 8.09. The van der Waals surface area contributed by atoms with Crippen LogP contribution in [0.2, 0.25) is 0 Å². The number of nitrogens with zero attached hydrogens (tertiary/aromatic N) is 2. The highest BCUT2D eigenvalue weighted by Crippen LogP contribution is 2.24. The molecule has 0 spiro atoms. The smallest absolute Gasteiger partial charge is 0.0640 e. The van der Waals surface area contributed by atoms with Crippen molar-refractivity contribution in [1.82, 2.24) is 0 Å². The maximum absolute atomic E-state index is 8.73. The number of hydrogen-bond donors (Lipinski definition) is 0. The molecule has 1 rings (SSSR count). The Morgan fingerprint density at radius 1 is 1.29 bits per heavy atom. The fraction of sp³-hybridized carbons (Fsp3) is 0.500. The predicted octanol–water partition coefficient (Wildman–Crippen LogP) is 3.83. The molecule has 1 aromatic carbocycles. The molecule has 0 aliphatic heterocycles. The van der Waals surface area contributed by atoms with Crippen LogP contribution in [0.5, 0.6) is 0 Å². The lowest BCUT2D eigenvalue weighted by Crippen LogP contribution is -2.36. The van der Waals surface area contributed by atoms with Gasteiger partial charge in [-0.3, -0.25) is 0 Å². The predicted molar refractivity (Wildman–Crippen MR) is 76.5 cm³/mol. The molecule has 0 bridgehead atoms. The lowest BCUT2D eigenvalue weighted by molar-refractivity contribution is 0.423. The molecule has 0 unspecified atom stereocenters. The molecule has 0 N–H and O–H groups in total. The Balaban J connectivity index is 2.78.